The third kappa shape index (κ3) is 4.97. The predicted octanol–water partition coefficient (Wildman–Crippen LogP) is 3.31. The fourth-order valence-electron chi connectivity index (χ4n) is 3.47. The second-order valence-electron chi connectivity index (χ2n) is 7.31. The fourth-order valence-corrected chi connectivity index (χ4v) is 3.47. The van der Waals surface area contributed by atoms with Crippen molar-refractivity contribution in [3.63, 3.8) is 0 Å². The highest BCUT2D eigenvalue weighted by Crippen LogP contribution is 2.27. The molecule has 0 spiro atoms. The number of aliphatic hydroxyl groups excluding tert-OH is 1. The quantitative estimate of drug-likeness (QED) is 0.587. The van der Waals surface area contributed by atoms with Gasteiger partial charge in [0.25, 0.3) is 5.91 Å². The molecule has 0 bridgehead atoms. The molecule has 0 atom stereocenters. The lowest BCUT2D eigenvalue weighted by Crippen LogP contribution is -2.36. The molecule has 0 unspecified atom stereocenters. The maximum absolute atomic E-state index is 12.3. The van der Waals surface area contributed by atoms with Gasteiger partial charge in [-0.3, -0.25) is 4.79 Å². The van der Waals surface area contributed by atoms with E-state index < -0.39 is 0 Å². The van der Waals surface area contributed by atoms with Gasteiger partial charge >= 0.3 is 0 Å². The van der Waals surface area contributed by atoms with Crippen molar-refractivity contribution < 1.29 is 9.90 Å². The van der Waals surface area contributed by atoms with Crippen LogP contribution in [0.1, 0.15) is 28.9 Å². The van der Waals surface area contributed by atoms with Crippen molar-refractivity contribution in [2.75, 3.05) is 28.6 Å². The summed E-state index contributed by atoms with van der Waals surface area (Å²) in [5.74, 6) is 0.127. The Morgan fingerprint density at radius 2 is 1.81 bits per heavy atom. The first kappa shape index (κ1) is 20.3. The molecule has 3 aromatic rings. The summed E-state index contributed by atoms with van der Waals surface area (Å²) in [5.41, 5.74) is 3.00. The molecule has 1 aliphatic rings. The van der Waals surface area contributed by atoms with Crippen LogP contribution in [0.25, 0.3) is 0 Å². The Labute approximate surface area is 180 Å². The van der Waals surface area contributed by atoms with Gasteiger partial charge in [-0.15, -0.1) is 10.2 Å². The van der Waals surface area contributed by atoms with Crippen LogP contribution in [0.15, 0.2) is 60.7 Å². The van der Waals surface area contributed by atoms with Gasteiger partial charge in [0, 0.05) is 24.5 Å². The number of aromatic nitrogens is 2. The number of aliphatic hydroxyl groups is 1. The van der Waals surface area contributed by atoms with Crippen LogP contribution >= 0.6 is 0 Å². The van der Waals surface area contributed by atoms with Crippen LogP contribution in [0.2, 0.25) is 0 Å². The third-order valence-corrected chi connectivity index (χ3v) is 5.12. The monoisotopic (exact) mass is 414 g/mol. The smallest absolute Gasteiger partial charge is 0.276 e. The molecular weight excluding hydrogens is 392 g/mol. The van der Waals surface area contributed by atoms with Crippen molar-refractivity contribution in [1.82, 2.24) is 10.2 Å². The minimum atomic E-state index is -0.340. The Morgan fingerprint density at radius 3 is 2.48 bits per heavy atom. The molecular formula is C23H22N6O2. The number of nitriles is 1. The SMILES string of the molecule is N#Cc1cc(Nc2ccc(C(=O)Nc3ccccc3)nn2)ccc1N1CCC(O)CC1. The van der Waals surface area contributed by atoms with Gasteiger partial charge in [-0.25, -0.2) is 0 Å². The second-order valence-corrected chi connectivity index (χ2v) is 7.31. The van der Waals surface area contributed by atoms with Gasteiger partial charge in [0.2, 0.25) is 0 Å². The second kappa shape index (κ2) is 9.24. The van der Waals surface area contributed by atoms with Crippen LogP contribution in [-0.4, -0.2) is 40.4 Å². The number of hydrogen-bond donors (Lipinski definition) is 3. The summed E-state index contributed by atoms with van der Waals surface area (Å²) in [6, 6.07) is 20.2. The largest absolute Gasteiger partial charge is 0.393 e. The zero-order chi connectivity index (χ0) is 21.6. The minimum Gasteiger partial charge on any atom is -0.393 e. The van der Waals surface area contributed by atoms with Gasteiger partial charge in [-0.05, 0) is 55.3 Å². The van der Waals surface area contributed by atoms with Crippen LogP contribution in [-0.2, 0) is 0 Å². The molecule has 4 rings (SSSR count). The van der Waals surface area contributed by atoms with Crippen LogP contribution < -0.4 is 15.5 Å². The molecule has 8 nitrogen and oxygen atoms in total. The molecule has 0 aliphatic carbocycles. The maximum Gasteiger partial charge on any atom is 0.276 e. The topological polar surface area (TPSA) is 114 Å². The number of amides is 1. The highest BCUT2D eigenvalue weighted by Gasteiger charge is 2.19. The van der Waals surface area contributed by atoms with Crippen molar-refractivity contribution in [3.05, 3.63) is 71.9 Å². The molecule has 31 heavy (non-hydrogen) atoms. The van der Waals surface area contributed by atoms with E-state index in [0.717, 1.165) is 18.8 Å². The number of hydrogen-bond acceptors (Lipinski definition) is 7. The van der Waals surface area contributed by atoms with Crippen molar-refractivity contribution in [2.45, 2.75) is 18.9 Å². The maximum atomic E-state index is 12.3. The van der Waals surface area contributed by atoms with E-state index in [1.165, 1.54) is 0 Å². The summed E-state index contributed by atoms with van der Waals surface area (Å²) in [6.45, 7) is 1.45. The number of carbonyl (C=O) groups is 1. The molecule has 1 saturated heterocycles. The molecule has 1 aliphatic heterocycles. The normalized spacial score (nSPS) is 14.0. The highest BCUT2D eigenvalue weighted by atomic mass is 16.3. The minimum absolute atomic E-state index is 0.203. The third-order valence-electron chi connectivity index (χ3n) is 5.12. The van der Waals surface area contributed by atoms with E-state index in [2.05, 4.69) is 31.8 Å². The predicted molar refractivity (Wildman–Crippen MR) is 118 cm³/mol. The standard InChI is InChI=1S/C23H22N6O2/c24-15-16-14-18(6-8-21(16)29-12-10-19(30)11-13-29)25-22-9-7-20(27-28-22)23(31)26-17-4-2-1-3-5-17/h1-9,14,19,30H,10-13H2,(H,25,28)(H,26,31). The summed E-state index contributed by atoms with van der Waals surface area (Å²) < 4.78 is 0. The van der Waals surface area contributed by atoms with Crippen molar-refractivity contribution in [2.24, 2.45) is 0 Å². The molecule has 3 N–H and O–H groups in total. The molecule has 2 aromatic carbocycles. The number of nitrogens with zero attached hydrogens (tertiary/aromatic N) is 4. The number of para-hydroxylation sites is 1. The Hall–Kier alpha value is -3.96. The lowest BCUT2D eigenvalue weighted by Gasteiger charge is -2.32. The van der Waals surface area contributed by atoms with Gasteiger partial charge in [-0.1, -0.05) is 18.2 Å². The van der Waals surface area contributed by atoms with Crippen LogP contribution in [0.5, 0.6) is 0 Å². The Balaban J connectivity index is 1.43. The Kier molecular flexibility index (Phi) is 6.05. The van der Waals surface area contributed by atoms with E-state index in [-0.39, 0.29) is 17.7 Å². The van der Waals surface area contributed by atoms with Crippen molar-refractivity contribution >= 4 is 28.8 Å². The molecule has 8 heteroatoms. The first-order valence-corrected chi connectivity index (χ1v) is 10.1. The number of carbonyl (C=O) groups excluding carboxylic acids is 1. The number of piperidine rings is 1. The average molecular weight is 414 g/mol. The molecule has 1 amide bonds. The first-order chi connectivity index (χ1) is 15.1. The van der Waals surface area contributed by atoms with E-state index in [0.29, 0.717) is 35.6 Å². The summed E-state index contributed by atoms with van der Waals surface area (Å²) in [4.78, 5) is 14.4. The summed E-state index contributed by atoms with van der Waals surface area (Å²) in [7, 11) is 0. The van der Waals surface area contributed by atoms with E-state index in [1.54, 1.807) is 30.3 Å². The zero-order valence-corrected chi connectivity index (χ0v) is 16.8. The van der Waals surface area contributed by atoms with Gasteiger partial charge < -0.3 is 20.6 Å². The van der Waals surface area contributed by atoms with E-state index in [9.17, 15) is 15.2 Å². The Morgan fingerprint density at radius 1 is 1.03 bits per heavy atom. The fraction of sp³-hybridized carbons (Fsp3) is 0.217. The van der Waals surface area contributed by atoms with E-state index in [4.69, 9.17) is 0 Å². The van der Waals surface area contributed by atoms with Crippen LogP contribution in [0, 0.1) is 11.3 Å². The van der Waals surface area contributed by atoms with Crippen LogP contribution in [0.4, 0.5) is 22.9 Å². The summed E-state index contributed by atoms with van der Waals surface area (Å²) in [6.07, 6.45) is 1.13. The van der Waals surface area contributed by atoms with Gasteiger partial charge in [-0.2, -0.15) is 5.26 Å². The first-order valence-electron chi connectivity index (χ1n) is 10.1. The van der Waals surface area contributed by atoms with Crippen molar-refractivity contribution in [1.29, 1.82) is 5.26 Å². The molecule has 156 valence electrons. The molecule has 1 aromatic heterocycles. The number of nitrogens with one attached hydrogen (secondary N) is 2. The van der Waals surface area contributed by atoms with E-state index >= 15 is 0 Å². The van der Waals surface area contributed by atoms with Gasteiger partial charge in [0.05, 0.1) is 17.4 Å². The Bertz CT molecular complexity index is 1090. The molecule has 0 radical (unpaired) electrons. The molecule has 0 saturated carbocycles. The molecule has 1 fully saturated rings. The van der Waals surface area contributed by atoms with Crippen LogP contribution in [0.3, 0.4) is 0 Å². The lowest BCUT2D eigenvalue weighted by atomic mass is 10.0. The lowest BCUT2D eigenvalue weighted by molar-refractivity contribution is 0.102. The average Bonchev–Trinajstić information content (AvgIpc) is 2.81. The van der Waals surface area contributed by atoms with Gasteiger partial charge in [0.1, 0.15) is 6.07 Å². The number of rotatable bonds is 5. The zero-order valence-electron chi connectivity index (χ0n) is 16.8. The van der Waals surface area contributed by atoms with Gasteiger partial charge in [0.15, 0.2) is 11.5 Å². The molecule has 2 heterocycles. The summed E-state index contributed by atoms with van der Waals surface area (Å²) in [5, 5.41) is 33.2. The number of anilines is 4. The summed E-state index contributed by atoms with van der Waals surface area (Å²) >= 11 is 0. The van der Waals surface area contributed by atoms with E-state index in [1.807, 2.05) is 30.3 Å². The van der Waals surface area contributed by atoms with Crippen molar-refractivity contribution in [3.8, 4) is 6.07 Å². The number of benzene rings is 2. The highest BCUT2D eigenvalue weighted by molar-refractivity contribution is 6.02.